The van der Waals surface area contributed by atoms with E-state index in [9.17, 15) is 13.2 Å². The van der Waals surface area contributed by atoms with Crippen LogP contribution in [0.2, 0.25) is 0 Å². The number of carbonyl (C=O) groups excluding carboxylic acids is 1. The number of sulfonamides is 1. The van der Waals surface area contributed by atoms with E-state index >= 15 is 0 Å². The zero-order valence-electron chi connectivity index (χ0n) is 13.4. The first-order valence-corrected chi connectivity index (χ1v) is 10.1. The van der Waals surface area contributed by atoms with Crippen molar-refractivity contribution >= 4 is 27.7 Å². The van der Waals surface area contributed by atoms with Gasteiger partial charge in [0, 0.05) is 11.4 Å². The zero-order chi connectivity index (χ0) is 17.4. The van der Waals surface area contributed by atoms with Crippen molar-refractivity contribution in [2.24, 2.45) is 0 Å². The first-order valence-electron chi connectivity index (χ1n) is 7.42. The van der Waals surface area contributed by atoms with E-state index in [0.29, 0.717) is 17.9 Å². The minimum atomic E-state index is -3.27. The first-order chi connectivity index (χ1) is 11.5. The van der Waals surface area contributed by atoms with Gasteiger partial charge < -0.3 is 5.32 Å². The van der Waals surface area contributed by atoms with Crippen LogP contribution < -0.4 is 10.0 Å². The molecule has 0 unspecified atom stereocenters. The SMILES string of the molecule is CNS(=O)(=O)Cc1ccc(CNC(=O)CSc2ccccc2)cc1. The average Bonchev–Trinajstić information content (AvgIpc) is 2.60. The number of benzene rings is 2. The van der Waals surface area contributed by atoms with Gasteiger partial charge in [-0.15, -0.1) is 11.8 Å². The maximum Gasteiger partial charge on any atom is 0.230 e. The topological polar surface area (TPSA) is 75.3 Å². The van der Waals surface area contributed by atoms with Gasteiger partial charge in [0.2, 0.25) is 15.9 Å². The van der Waals surface area contributed by atoms with Gasteiger partial charge in [-0.2, -0.15) is 0 Å². The number of thioether (sulfide) groups is 1. The zero-order valence-corrected chi connectivity index (χ0v) is 15.0. The summed E-state index contributed by atoms with van der Waals surface area (Å²) in [6.07, 6.45) is 0. The first kappa shape index (κ1) is 18.5. The summed E-state index contributed by atoms with van der Waals surface area (Å²) in [5, 5.41) is 2.86. The molecular weight excluding hydrogens is 344 g/mol. The molecule has 0 spiro atoms. The number of rotatable bonds is 8. The molecule has 1 amide bonds. The van der Waals surface area contributed by atoms with Crippen LogP contribution in [0.5, 0.6) is 0 Å². The van der Waals surface area contributed by atoms with Crippen molar-refractivity contribution in [3.8, 4) is 0 Å². The Hall–Kier alpha value is -1.83. The molecule has 0 bridgehead atoms. The van der Waals surface area contributed by atoms with Crippen LogP contribution in [0.15, 0.2) is 59.5 Å². The molecule has 2 N–H and O–H groups in total. The van der Waals surface area contributed by atoms with E-state index in [4.69, 9.17) is 0 Å². The molecule has 24 heavy (non-hydrogen) atoms. The summed E-state index contributed by atoms with van der Waals surface area (Å²) >= 11 is 1.49. The lowest BCUT2D eigenvalue weighted by molar-refractivity contribution is -0.118. The second-order valence-electron chi connectivity index (χ2n) is 5.16. The fraction of sp³-hybridized carbons (Fsp3) is 0.235. The molecule has 0 aromatic heterocycles. The normalized spacial score (nSPS) is 11.2. The van der Waals surface area contributed by atoms with Gasteiger partial charge in [-0.25, -0.2) is 13.1 Å². The molecule has 0 atom stereocenters. The molecule has 0 aliphatic heterocycles. The van der Waals surface area contributed by atoms with Crippen LogP contribution in [0.1, 0.15) is 11.1 Å². The molecular formula is C17H20N2O3S2. The summed E-state index contributed by atoms with van der Waals surface area (Å²) in [5.41, 5.74) is 1.64. The van der Waals surface area contributed by atoms with Gasteiger partial charge in [0.1, 0.15) is 0 Å². The maximum atomic E-state index is 11.9. The van der Waals surface area contributed by atoms with E-state index in [2.05, 4.69) is 10.0 Å². The van der Waals surface area contributed by atoms with Gasteiger partial charge in [-0.1, -0.05) is 42.5 Å². The third kappa shape index (κ3) is 6.35. The van der Waals surface area contributed by atoms with E-state index < -0.39 is 10.0 Å². The molecule has 0 aliphatic carbocycles. The molecule has 2 aromatic carbocycles. The highest BCUT2D eigenvalue weighted by Gasteiger charge is 2.08. The highest BCUT2D eigenvalue weighted by molar-refractivity contribution is 8.00. The number of nitrogens with one attached hydrogen (secondary N) is 2. The van der Waals surface area contributed by atoms with Crippen LogP contribution in [-0.2, 0) is 27.1 Å². The fourth-order valence-electron chi connectivity index (χ4n) is 1.96. The monoisotopic (exact) mass is 364 g/mol. The third-order valence-electron chi connectivity index (χ3n) is 3.29. The summed E-state index contributed by atoms with van der Waals surface area (Å²) in [6, 6.07) is 16.9. The Kier molecular flexibility index (Phi) is 6.84. The third-order valence-corrected chi connectivity index (χ3v) is 5.64. The molecule has 7 heteroatoms. The lowest BCUT2D eigenvalue weighted by Crippen LogP contribution is -2.24. The Morgan fingerprint density at radius 2 is 1.62 bits per heavy atom. The second kappa shape index (κ2) is 8.86. The van der Waals surface area contributed by atoms with Crippen LogP contribution >= 0.6 is 11.8 Å². The fourth-order valence-corrected chi connectivity index (χ4v) is 3.49. The van der Waals surface area contributed by atoms with E-state index in [0.717, 1.165) is 10.5 Å². The molecule has 0 heterocycles. The van der Waals surface area contributed by atoms with Crippen LogP contribution in [0.4, 0.5) is 0 Å². The Balaban J connectivity index is 1.78. The van der Waals surface area contributed by atoms with Gasteiger partial charge in [-0.05, 0) is 30.3 Å². The maximum absolute atomic E-state index is 11.9. The predicted octanol–water partition coefficient (Wildman–Crippen LogP) is 2.14. The Morgan fingerprint density at radius 3 is 2.25 bits per heavy atom. The number of hydrogen-bond acceptors (Lipinski definition) is 4. The van der Waals surface area contributed by atoms with Crippen molar-refractivity contribution in [3.05, 3.63) is 65.7 Å². The molecule has 2 rings (SSSR count). The van der Waals surface area contributed by atoms with Crippen LogP contribution in [0.25, 0.3) is 0 Å². The summed E-state index contributed by atoms with van der Waals surface area (Å²) in [7, 11) is -1.87. The summed E-state index contributed by atoms with van der Waals surface area (Å²) in [6.45, 7) is 0.424. The summed E-state index contributed by atoms with van der Waals surface area (Å²) < 4.78 is 25.3. The molecule has 0 aliphatic rings. The van der Waals surface area contributed by atoms with Crippen molar-refractivity contribution in [1.82, 2.24) is 10.0 Å². The molecule has 0 saturated heterocycles. The highest BCUT2D eigenvalue weighted by Crippen LogP contribution is 2.16. The minimum Gasteiger partial charge on any atom is -0.351 e. The van der Waals surface area contributed by atoms with Crippen LogP contribution in [0, 0.1) is 0 Å². The number of carbonyl (C=O) groups is 1. The van der Waals surface area contributed by atoms with Gasteiger partial charge in [-0.3, -0.25) is 4.79 Å². The van der Waals surface area contributed by atoms with Crippen molar-refractivity contribution in [2.75, 3.05) is 12.8 Å². The Morgan fingerprint density at radius 1 is 1.00 bits per heavy atom. The second-order valence-corrected chi connectivity index (χ2v) is 8.13. The van der Waals surface area contributed by atoms with Crippen molar-refractivity contribution in [3.63, 3.8) is 0 Å². The number of hydrogen-bond donors (Lipinski definition) is 2. The van der Waals surface area contributed by atoms with E-state index in [1.54, 1.807) is 12.1 Å². The summed E-state index contributed by atoms with van der Waals surface area (Å²) in [5.74, 6) is 0.275. The Bertz CT molecular complexity index is 760. The van der Waals surface area contributed by atoms with Crippen molar-refractivity contribution in [1.29, 1.82) is 0 Å². The standard InChI is InChI=1S/C17H20N2O3S2/c1-18-24(21,22)13-15-9-7-14(8-10-15)11-19-17(20)12-23-16-5-3-2-4-6-16/h2-10,18H,11-13H2,1H3,(H,19,20). The van der Waals surface area contributed by atoms with Gasteiger partial charge in [0.25, 0.3) is 0 Å². The van der Waals surface area contributed by atoms with Crippen molar-refractivity contribution < 1.29 is 13.2 Å². The van der Waals surface area contributed by atoms with E-state index in [1.165, 1.54) is 18.8 Å². The number of amides is 1. The lowest BCUT2D eigenvalue weighted by atomic mass is 10.1. The molecule has 5 nitrogen and oxygen atoms in total. The smallest absolute Gasteiger partial charge is 0.230 e. The van der Waals surface area contributed by atoms with Crippen LogP contribution in [0.3, 0.4) is 0 Å². The molecule has 128 valence electrons. The molecule has 0 fully saturated rings. The quantitative estimate of drug-likeness (QED) is 0.704. The Labute approximate surface area is 146 Å². The van der Waals surface area contributed by atoms with Gasteiger partial charge >= 0.3 is 0 Å². The molecule has 0 saturated carbocycles. The highest BCUT2D eigenvalue weighted by atomic mass is 32.2. The lowest BCUT2D eigenvalue weighted by Gasteiger charge is -2.07. The summed E-state index contributed by atoms with van der Waals surface area (Å²) in [4.78, 5) is 12.9. The van der Waals surface area contributed by atoms with E-state index in [1.807, 2.05) is 42.5 Å². The van der Waals surface area contributed by atoms with Crippen LogP contribution in [-0.4, -0.2) is 27.1 Å². The van der Waals surface area contributed by atoms with Crippen molar-refractivity contribution in [2.45, 2.75) is 17.2 Å². The average molecular weight is 364 g/mol. The largest absolute Gasteiger partial charge is 0.351 e. The predicted molar refractivity (Wildman–Crippen MR) is 97.1 cm³/mol. The van der Waals surface area contributed by atoms with Gasteiger partial charge in [0.05, 0.1) is 11.5 Å². The minimum absolute atomic E-state index is 0.0364. The van der Waals surface area contributed by atoms with E-state index in [-0.39, 0.29) is 11.7 Å². The van der Waals surface area contributed by atoms with Gasteiger partial charge in [0.15, 0.2) is 0 Å². The molecule has 2 aromatic rings. The molecule has 0 radical (unpaired) electrons.